The predicted molar refractivity (Wildman–Crippen MR) is 117 cm³/mol. The van der Waals surface area contributed by atoms with Crippen LogP contribution in [0.3, 0.4) is 0 Å². The highest BCUT2D eigenvalue weighted by atomic mass is 35.5. The third kappa shape index (κ3) is 3.73. The number of benzene rings is 2. The maximum Gasteiger partial charge on any atom is 0.235 e. The molecule has 2 aliphatic rings. The number of ketones is 1. The smallest absolute Gasteiger partial charge is 0.235 e. The highest BCUT2D eigenvalue weighted by molar-refractivity contribution is 6.30. The summed E-state index contributed by atoms with van der Waals surface area (Å²) in [6.45, 7) is 4.18. The number of nitrogens with one attached hydrogen (secondary N) is 1. The van der Waals surface area contributed by atoms with E-state index in [4.69, 9.17) is 11.6 Å². The summed E-state index contributed by atoms with van der Waals surface area (Å²) in [4.78, 5) is 26.5. The predicted octanol–water partition coefficient (Wildman–Crippen LogP) is 5.83. The van der Waals surface area contributed by atoms with Gasteiger partial charge in [-0.1, -0.05) is 55.6 Å². The van der Waals surface area contributed by atoms with Crippen LogP contribution in [0.5, 0.6) is 0 Å². The molecule has 4 heteroatoms. The molecule has 2 aromatic carbocycles. The van der Waals surface area contributed by atoms with E-state index in [1.807, 2.05) is 49.4 Å². The Morgan fingerprint density at radius 2 is 1.69 bits per heavy atom. The Morgan fingerprint density at radius 1 is 1.03 bits per heavy atom. The molecule has 0 radical (unpaired) electrons. The molecule has 1 N–H and O–H groups in total. The zero-order valence-electron chi connectivity index (χ0n) is 17.1. The van der Waals surface area contributed by atoms with E-state index in [9.17, 15) is 9.59 Å². The van der Waals surface area contributed by atoms with Crippen molar-refractivity contribution < 1.29 is 9.59 Å². The van der Waals surface area contributed by atoms with Crippen molar-refractivity contribution in [2.75, 3.05) is 0 Å². The molecule has 1 saturated carbocycles. The fourth-order valence-electron chi connectivity index (χ4n) is 5.06. The van der Waals surface area contributed by atoms with Gasteiger partial charge in [-0.05, 0) is 79.0 Å². The van der Waals surface area contributed by atoms with Crippen LogP contribution in [-0.4, -0.2) is 17.2 Å². The highest BCUT2D eigenvalue weighted by Gasteiger charge is 2.54. The number of halogens is 1. The van der Waals surface area contributed by atoms with Gasteiger partial charge in [-0.3, -0.25) is 9.59 Å². The Kier molecular flexibility index (Phi) is 5.52. The van der Waals surface area contributed by atoms with Gasteiger partial charge < -0.3 is 5.32 Å². The molecule has 1 saturated heterocycles. The number of amides is 1. The van der Waals surface area contributed by atoms with Crippen molar-refractivity contribution in [2.45, 2.75) is 63.8 Å². The number of carbonyl (C=O) groups excluding carboxylic acids is 2. The molecule has 1 spiro atoms. The first kappa shape index (κ1) is 20.2. The number of hydrogen-bond donors (Lipinski definition) is 1. The Balaban J connectivity index is 1.63. The highest BCUT2D eigenvalue weighted by Crippen LogP contribution is 2.43. The van der Waals surface area contributed by atoms with Gasteiger partial charge in [-0.25, -0.2) is 0 Å². The third-order valence-corrected chi connectivity index (χ3v) is 7.03. The first-order chi connectivity index (χ1) is 13.9. The molecule has 1 amide bonds. The molecule has 152 valence electrons. The van der Waals surface area contributed by atoms with Crippen molar-refractivity contribution in [1.82, 2.24) is 5.32 Å². The van der Waals surface area contributed by atoms with E-state index in [0.717, 1.165) is 47.9 Å². The molecule has 1 unspecified atom stereocenters. The molecule has 2 aromatic rings. The summed E-state index contributed by atoms with van der Waals surface area (Å²) in [5, 5.41) is 3.81. The molecule has 29 heavy (non-hydrogen) atoms. The SMILES string of the molecule is CCCC1CCC2(CC1)NC(=O)C(c1cc(-c3ccc(Cl)cc3)ccc1C)C2=O. The van der Waals surface area contributed by atoms with E-state index in [1.165, 1.54) is 12.8 Å². The quantitative estimate of drug-likeness (QED) is 0.646. The van der Waals surface area contributed by atoms with E-state index in [1.54, 1.807) is 0 Å². The molecular weight excluding hydrogens is 382 g/mol. The minimum atomic E-state index is -0.704. The first-order valence-electron chi connectivity index (χ1n) is 10.7. The van der Waals surface area contributed by atoms with Crippen molar-refractivity contribution >= 4 is 23.3 Å². The second-order valence-electron chi connectivity index (χ2n) is 8.68. The van der Waals surface area contributed by atoms with Gasteiger partial charge in [0.15, 0.2) is 5.78 Å². The van der Waals surface area contributed by atoms with Crippen molar-refractivity contribution in [2.24, 2.45) is 5.92 Å². The van der Waals surface area contributed by atoms with Gasteiger partial charge in [0.25, 0.3) is 0 Å². The topological polar surface area (TPSA) is 46.2 Å². The van der Waals surface area contributed by atoms with E-state index >= 15 is 0 Å². The standard InChI is InChI=1S/C25H28ClNO2/c1-3-4-17-11-13-25(14-12-17)23(28)22(24(29)27-25)21-15-19(6-5-16(21)2)18-7-9-20(26)10-8-18/h5-10,15,17,22H,3-4,11-14H2,1-2H3,(H,27,29). The minimum absolute atomic E-state index is 0.0637. The maximum absolute atomic E-state index is 13.5. The summed E-state index contributed by atoms with van der Waals surface area (Å²) >= 11 is 6.01. The van der Waals surface area contributed by atoms with Crippen molar-refractivity contribution in [3.8, 4) is 11.1 Å². The molecule has 2 fully saturated rings. The average molecular weight is 410 g/mol. The second-order valence-corrected chi connectivity index (χ2v) is 9.12. The molecular formula is C25H28ClNO2. The summed E-state index contributed by atoms with van der Waals surface area (Å²) in [6, 6.07) is 13.7. The number of aryl methyl sites for hydroxylation is 1. The minimum Gasteiger partial charge on any atom is -0.343 e. The lowest BCUT2D eigenvalue weighted by atomic mass is 9.72. The Labute approximate surface area is 177 Å². The second kappa shape index (κ2) is 7.95. The Morgan fingerprint density at radius 3 is 2.34 bits per heavy atom. The Bertz CT molecular complexity index is 926. The summed E-state index contributed by atoms with van der Waals surface area (Å²) in [5.74, 6) is -0.0941. The average Bonchev–Trinajstić information content (AvgIpc) is 2.95. The van der Waals surface area contributed by atoms with Crippen LogP contribution in [-0.2, 0) is 9.59 Å². The van der Waals surface area contributed by atoms with Crippen LogP contribution >= 0.6 is 11.6 Å². The lowest BCUT2D eigenvalue weighted by molar-refractivity contribution is -0.126. The number of carbonyl (C=O) groups is 2. The Hall–Kier alpha value is -2.13. The van der Waals surface area contributed by atoms with Gasteiger partial charge in [-0.2, -0.15) is 0 Å². The van der Waals surface area contributed by atoms with Crippen molar-refractivity contribution in [3.05, 3.63) is 58.6 Å². The maximum atomic E-state index is 13.5. The monoisotopic (exact) mass is 409 g/mol. The summed E-state index contributed by atoms with van der Waals surface area (Å²) in [6.07, 6.45) is 5.98. The van der Waals surface area contributed by atoms with Gasteiger partial charge in [0, 0.05) is 5.02 Å². The van der Waals surface area contributed by atoms with Crippen molar-refractivity contribution in [3.63, 3.8) is 0 Å². The van der Waals surface area contributed by atoms with Crippen LogP contribution in [0, 0.1) is 12.8 Å². The van der Waals surface area contributed by atoms with Crippen LogP contribution in [0.1, 0.15) is 62.5 Å². The zero-order chi connectivity index (χ0) is 20.6. The molecule has 3 nitrogen and oxygen atoms in total. The number of hydrogen-bond acceptors (Lipinski definition) is 2. The van der Waals surface area contributed by atoms with E-state index in [0.29, 0.717) is 10.9 Å². The lowest BCUT2D eigenvalue weighted by Gasteiger charge is -2.35. The largest absolute Gasteiger partial charge is 0.343 e. The fourth-order valence-corrected chi connectivity index (χ4v) is 5.19. The van der Waals surface area contributed by atoms with E-state index in [-0.39, 0.29) is 11.7 Å². The molecule has 0 aromatic heterocycles. The first-order valence-corrected chi connectivity index (χ1v) is 11.0. The van der Waals surface area contributed by atoms with Gasteiger partial charge >= 0.3 is 0 Å². The van der Waals surface area contributed by atoms with Crippen LogP contribution < -0.4 is 5.32 Å². The van der Waals surface area contributed by atoms with E-state index in [2.05, 4.69) is 12.2 Å². The van der Waals surface area contributed by atoms with Crippen LogP contribution in [0.2, 0.25) is 5.02 Å². The van der Waals surface area contributed by atoms with Crippen molar-refractivity contribution in [1.29, 1.82) is 0 Å². The third-order valence-electron chi connectivity index (χ3n) is 6.78. The molecule has 1 heterocycles. The van der Waals surface area contributed by atoms with Crippen LogP contribution in [0.25, 0.3) is 11.1 Å². The van der Waals surface area contributed by atoms with E-state index < -0.39 is 11.5 Å². The van der Waals surface area contributed by atoms with Gasteiger partial charge in [0.2, 0.25) is 5.91 Å². The summed E-state index contributed by atoms with van der Waals surface area (Å²) in [7, 11) is 0. The fraction of sp³-hybridized carbons (Fsp3) is 0.440. The molecule has 1 aliphatic carbocycles. The number of rotatable bonds is 4. The zero-order valence-corrected chi connectivity index (χ0v) is 17.9. The normalized spacial score (nSPS) is 26.7. The molecule has 1 atom stereocenters. The number of Topliss-reactive ketones (excluding diaryl/α,β-unsaturated/α-hetero) is 1. The molecule has 1 aliphatic heterocycles. The molecule has 0 bridgehead atoms. The lowest BCUT2D eigenvalue weighted by Crippen LogP contribution is -2.49. The summed E-state index contributed by atoms with van der Waals surface area (Å²) in [5.41, 5.74) is 3.17. The molecule has 4 rings (SSSR count). The summed E-state index contributed by atoms with van der Waals surface area (Å²) < 4.78 is 0. The van der Waals surface area contributed by atoms with Gasteiger partial charge in [0.1, 0.15) is 5.92 Å². The van der Waals surface area contributed by atoms with Gasteiger partial charge in [-0.15, -0.1) is 0 Å². The van der Waals surface area contributed by atoms with Crippen LogP contribution in [0.4, 0.5) is 0 Å². The van der Waals surface area contributed by atoms with Gasteiger partial charge in [0.05, 0.1) is 5.54 Å². The van der Waals surface area contributed by atoms with Crippen LogP contribution in [0.15, 0.2) is 42.5 Å².